The molecule has 2 rings (SSSR count). The SMILES string of the molecule is Cc1ccc(F)cc1-n1c(O)c(F)c(=O)[nH]c1=O. The first-order valence-electron chi connectivity index (χ1n) is 4.92. The van der Waals surface area contributed by atoms with E-state index in [-0.39, 0.29) is 5.69 Å². The Balaban J connectivity index is 2.88. The van der Waals surface area contributed by atoms with E-state index in [2.05, 4.69) is 0 Å². The van der Waals surface area contributed by atoms with Crippen molar-refractivity contribution >= 4 is 0 Å². The van der Waals surface area contributed by atoms with Crippen LogP contribution in [0.5, 0.6) is 5.88 Å². The number of nitrogens with zero attached hydrogens (tertiary/aromatic N) is 1. The van der Waals surface area contributed by atoms with E-state index < -0.39 is 28.8 Å². The maximum Gasteiger partial charge on any atom is 0.335 e. The van der Waals surface area contributed by atoms with Crippen LogP contribution in [0.25, 0.3) is 5.69 Å². The van der Waals surface area contributed by atoms with Crippen molar-refractivity contribution in [2.45, 2.75) is 6.92 Å². The summed E-state index contributed by atoms with van der Waals surface area (Å²) in [5, 5.41) is 9.47. The van der Waals surface area contributed by atoms with E-state index in [9.17, 15) is 23.5 Å². The number of benzene rings is 1. The van der Waals surface area contributed by atoms with Crippen molar-refractivity contribution in [3.63, 3.8) is 0 Å². The molecule has 5 nitrogen and oxygen atoms in total. The molecule has 0 saturated heterocycles. The number of hydrogen-bond acceptors (Lipinski definition) is 3. The molecule has 7 heteroatoms. The molecule has 2 N–H and O–H groups in total. The molecular weight excluding hydrogens is 246 g/mol. The van der Waals surface area contributed by atoms with Crippen molar-refractivity contribution < 1.29 is 13.9 Å². The number of halogens is 2. The standard InChI is InChI=1S/C11H8F2N2O3/c1-5-2-3-6(12)4-7(5)15-10(17)8(13)9(16)14-11(15)18/h2-4,17H,1H3,(H,14,16,18). The Kier molecular flexibility index (Phi) is 2.74. The van der Waals surface area contributed by atoms with E-state index in [0.29, 0.717) is 10.1 Å². The van der Waals surface area contributed by atoms with Crippen LogP contribution in [-0.2, 0) is 0 Å². The summed E-state index contributed by atoms with van der Waals surface area (Å²) < 4.78 is 26.9. The van der Waals surface area contributed by atoms with Gasteiger partial charge in [0.25, 0.3) is 5.56 Å². The molecule has 0 aliphatic rings. The van der Waals surface area contributed by atoms with Crippen LogP contribution >= 0.6 is 0 Å². The first-order chi connectivity index (χ1) is 8.41. The predicted octanol–water partition coefficient (Wildman–Crippen LogP) is 0.818. The second kappa shape index (κ2) is 4.10. The largest absolute Gasteiger partial charge is 0.492 e. The van der Waals surface area contributed by atoms with E-state index in [0.717, 1.165) is 12.1 Å². The monoisotopic (exact) mass is 254 g/mol. The van der Waals surface area contributed by atoms with Gasteiger partial charge in [-0.05, 0) is 24.6 Å². The minimum Gasteiger partial charge on any atom is -0.492 e. The third kappa shape index (κ3) is 1.79. The second-order valence-electron chi connectivity index (χ2n) is 3.66. The van der Waals surface area contributed by atoms with Crippen molar-refractivity contribution in [1.29, 1.82) is 0 Å². The summed E-state index contributed by atoms with van der Waals surface area (Å²) >= 11 is 0. The van der Waals surface area contributed by atoms with Crippen LogP contribution in [0.4, 0.5) is 8.78 Å². The number of aryl methyl sites for hydroxylation is 1. The lowest BCUT2D eigenvalue weighted by atomic mass is 10.2. The van der Waals surface area contributed by atoms with Gasteiger partial charge in [0.2, 0.25) is 11.7 Å². The molecule has 0 bridgehead atoms. The van der Waals surface area contributed by atoms with Gasteiger partial charge in [0.15, 0.2) is 0 Å². The predicted molar refractivity (Wildman–Crippen MR) is 59.0 cm³/mol. The van der Waals surface area contributed by atoms with Crippen LogP contribution in [0.15, 0.2) is 27.8 Å². The zero-order valence-corrected chi connectivity index (χ0v) is 9.20. The first-order valence-corrected chi connectivity index (χ1v) is 4.92. The minimum atomic E-state index is -1.50. The molecule has 0 radical (unpaired) electrons. The number of hydrogen-bond donors (Lipinski definition) is 2. The van der Waals surface area contributed by atoms with Gasteiger partial charge in [-0.3, -0.25) is 9.78 Å². The van der Waals surface area contributed by atoms with Crippen LogP contribution in [0.2, 0.25) is 0 Å². The fraction of sp³-hybridized carbons (Fsp3) is 0.0909. The highest BCUT2D eigenvalue weighted by molar-refractivity contribution is 5.42. The van der Waals surface area contributed by atoms with Crippen molar-refractivity contribution in [2.75, 3.05) is 0 Å². The van der Waals surface area contributed by atoms with E-state index in [1.807, 2.05) is 0 Å². The molecule has 94 valence electrons. The maximum atomic E-state index is 13.2. The number of nitrogens with one attached hydrogen (secondary N) is 1. The summed E-state index contributed by atoms with van der Waals surface area (Å²) in [4.78, 5) is 24.1. The number of aromatic nitrogens is 2. The molecule has 2 aromatic rings. The number of aromatic amines is 1. The van der Waals surface area contributed by atoms with Crippen molar-refractivity contribution in [1.82, 2.24) is 9.55 Å². The van der Waals surface area contributed by atoms with Crippen molar-refractivity contribution in [3.8, 4) is 11.6 Å². The zero-order valence-electron chi connectivity index (χ0n) is 9.20. The van der Waals surface area contributed by atoms with Crippen molar-refractivity contribution in [2.24, 2.45) is 0 Å². The van der Waals surface area contributed by atoms with Crippen LogP contribution < -0.4 is 11.2 Å². The molecule has 0 saturated carbocycles. The molecule has 1 heterocycles. The van der Waals surface area contributed by atoms with Crippen LogP contribution in [0.1, 0.15) is 5.56 Å². The molecule has 0 spiro atoms. The molecule has 0 amide bonds. The van der Waals surface area contributed by atoms with Crippen molar-refractivity contribution in [3.05, 3.63) is 56.2 Å². The molecule has 0 atom stereocenters. The molecule has 0 aliphatic carbocycles. The third-order valence-electron chi connectivity index (χ3n) is 2.44. The maximum absolute atomic E-state index is 13.2. The van der Waals surface area contributed by atoms with E-state index in [4.69, 9.17) is 0 Å². The van der Waals surface area contributed by atoms with E-state index in [1.165, 1.54) is 6.07 Å². The summed E-state index contributed by atoms with van der Waals surface area (Å²) in [5.74, 6) is -3.32. The third-order valence-corrected chi connectivity index (χ3v) is 2.44. The highest BCUT2D eigenvalue weighted by atomic mass is 19.1. The number of aromatic hydroxyl groups is 1. The topological polar surface area (TPSA) is 75.1 Å². The van der Waals surface area contributed by atoms with Gasteiger partial charge in [-0.1, -0.05) is 6.07 Å². The summed E-state index contributed by atoms with van der Waals surface area (Å²) in [5.41, 5.74) is -2.00. The highest BCUT2D eigenvalue weighted by Crippen LogP contribution is 2.19. The highest BCUT2D eigenvalue weighted by Gasteiger charge is 2.16. The fourth-order valence-electron chi connectivity index (χ4n) is 1.55. The molecule has 0 aliphatic heterocycles. The summed E-state index contributed by atoms with van der Waals surface area (Å²) in [6, 6.07) is 3.47. The molecule has 1 aromatic carbocycles. The van der Waals surface area contributed by atoms with Crippen LogP contribution in [-0.4, -0.2) is 14.7 Å². The van der Waals surface area contributed by atoms with Gasteiger partial charge in [0, 0.05) is 0 Å². The van der Waals surface area contributed by atoms with Gasteiger partial charge in [-0.15, -0.1) is 0 Å². The summed E-state index contributed by atoms with van der Waals surface area (Å²) in [6.07, 6.45) is 0. The second-order valence-corrected chi connectivity index (χ2v) is 3.66. The quantitative estimate of drug-likeness (QED) is 0.791. The summed E-state index contributed by atoms with van der Waals surface area (Å²) in [7, 11) is 0. The Morgan fingerprint density at radius 2 is 1.94 bits per heavy atom. The number of H-pyrrole nitrogens is 1. The smallest absolute Gasteiger partial charge is 0.335 e. The van der Waals surface area contributed by atoms with Crippen LogP contribution in [0.3, 0.4) is 0 Å². The lowest BCUT2D eigenvalue weighted by molar-refractivity contribution is 0.385. The van der Waals surface area contributed by atoms with Gasteiger partial charge in [-0.2, -0.15) is 4.39 Å². The Morgan fingerprint density at radius 3 is 2.61 bits per heavy atom. The molecule has 0 fully saturated rings. The normalized spacial score (nSPS) is 10.6. The van der Waals surface area contributed by atoms with Gasteiger partial charge >= 0.3 is 5.69 Å². The van der Waals surface area contributed by atoms with E-state index >= 15 is 0 Å². The Bertz CT molecular complexity index is 734. The Labute approximate surface area is 99.0 Å². The minimum absolute atomic E-state index is 0.0485. The molecular formula is C11H8F2N2O3. The Morgan fingerprint density at radius 1 is 1.28 bits per heavy atom. The van der Waals surface area contributed by atoms with Gasteiger partial charge in [0.1, 0.15) is 5.82 Å². The molecule has 18 heavy (non-hydrogen) atoms. The summed E-state index contributed by atoms with van der Waals surface area (Å²) in [6.45, 7) is 1.55. The average molecular weight is 254 g/mol. The zero-order chi connectivity index (χ0) is 13.4. The Hall–Kier alpha value is -2.44. The van der Waals surface area contributed by atoms with Crippen LogP contribution in [0, 0.1) is 18.6 Å². The number of rotatable bonds is 1. The molecule has 1 aromatic heterocycles. The fourth-order valence-corrected chi connectivity index (χ4v) is 1.55. The van der Waals surface area contributed by atoms with E-state index in [1.54, 1.807) is 11.9 Å². The average Bonchev–Trinajstić information content (AvgIpc) is 2.31. The molecule has 0 unspecified atom stereocenters. The first kappa shape index (κ1) is 12.0. The van der Waals surface area contributed by atoms with Gasteiger partial charge in [0.05, 0.1) is 5.69 Å². The van der Waals surface area contributed by atoms with Gasteiger partial charge < -0.3 is 5.11 Å². The lowest BCUT2D eigenvalue weighted by Gasteiger charge is -2.10. The lowest BCUT2D eigenvalue weighted by Crippen LogP contribution is -2.31. The van der Waals surface area contributed by atoms with Gasteiger partial charge in [-0.25, -0.2) is 13.8 Å².